The van der Waals surface area contributed by atoms with Crippen LogP contribution in [0, 0.1) is 3.80 Å². The van der Waals surface area contributed by atoms with E-state index in [1.807, 2.05) is 65.4 Å². The second-order valence-corrected chi connectivity index (χ2v) is 12.6. The molecule has 5 nitrogen and oxygen atoms in total. The molecule has 0 fully saturated rings. The van der Waals surface area contributed by atoms with Crippen molar-refractivity contribution in [2.75, 3.05) is 4.90 Å². The van der Waals surface area contributed by atoms with Crippen LogP contribution in [0.15, 0.2) is 109 Å². The molecule has 4 aromatic carbocycles. The minimum absolute atomic E-state index is 0.00412. The first kappa shape index (κ1) is 23.4. The van der Waals surface area contributed by atoms with Crippen molar-refractivity contribution in [2.24, 2.45) is 6.98 Å². The van der Waals surface area contributed by atoms with Gasteiger partial charge in [-0.05, 0) is 17.0 Å². The van der Waals surface area contributed by atoms with E-state index in [9.17, 15) is 0 Å². The van der Waals surface area contributed by atoms with E-state index in [4.69, 9.17) is 13.8 Å². The molecular weight excluding hydrogens is 700 g/mol. The fraction of sp³-hybridized carbons (Fsp3) is 0.167. The zero-order valence-corrected chi connectivity index (χ0v) is 25.9. The summed E-state index contributed by atoms with van der Waals surface area (Å²) >= 11 is 2.09. The first-order valence-electron chi connectivity index (χ1n) is 15.4. The first-order chi connectivity index (χ1) is 21.5. The molecular formula is C36H32N4OPt. The predicted molar refractivity (Wildman–Crippen MR) is 166 cm³/mol. The maximum absolute atomic E-state index is 8.15. The van der Waals surface area contributed by atoms with Gasteiger partial charge in [-0.1, -0.05) is 39.0 Å². The van der Waals surface area contributed by atoms with E-state index in [1.165, 1.54) is 21.3 Å². The Balaban J connectivity index is 1.30. The molecule has 0 unspecified atom stereocenters. The standard InChI is InChI=1S/C36H32N4O.Pt/c1-36(2,3)26-18-19-37-35(20-26)39-23-25-10-5-6-13-30(25)31-17-16-29(22-34(31)39)41-28-12-9-11-27(21-28)40-24-38(4)32-14-7-8-15-33(32)40;/h5-22H,23H2,1-4H3;/i4D3;. The summed E-state index contributed by atoms with van der Waals surface area (Å²) < 4.78 is 34.9. The normalized spacial score (nSPS) is 14.1. The Hall–Kier alpha value is -4.21. The molecule has 0 atom stereocenters. The number of aromatic nitrogens is 3. The molecule has 0 amide bonds. The number of ether oxygens (including phenoxy) is 1. The van der Waals surface area contributed by atoms with E-state index in [2.05, 4.69) is 93.6 Å². The average molecular weight is 735 g/mol. The fourth-order valence-electron chi connectivity index (χ4n) is 5.63. The summed E-state index contributed by atoms with van der Waals surface area (Å²) in [6.07, 6.45) is 1.89. The first-order valence-corrected chi connectivity index (χ1v) is 15.1. The number of aryl methyl sites for hydroxylation is 1. The van der Waals surface area contributed by atoms with E-state index in [1.54, 1.807) is 0 Å². The number of nitrogens with zero attached hydrogens (tertiary/aromatic N) is 4. The van der Waals surface area contributed by atoms with Crippen molar-refractivity contribution < 1.29 is 28.2 Å². The number of imidazole rings is 1. The summed E-state index contributed by atoms with van der Waals surface area (Å²) in [5, 5.41) is 0. The molecule has 0 saturated carbocycles. The second-order valence-electron chi connectivity index (χ2n) is 11.6. The molecule has 7 rings (SSSR count). The number of para-hydroxylation sites is 2. The maximum atomic E-state index is 8.15. The van der Waals surface area contributed by atoms with Gasteiger partial charge in [0.15, 0.2) is 0 Å². The Labute approximate surface area is 261 Å². The van der Waals surface area contributed by atoms with E-state index in [0.717, 1.165) is 28.3 Å². The van der Waals surface area contributed by atoms with Crippen molar-refractivity contribution >= 4 is 22.5 Å². The van der Waals surface area contributed by atoms with Gasteiger partial charge >= 0.3 is 200 Å². The molecule has 0 aliphatic carbocycles. The number of rotatable bonds is 4. The summed E-state index contributed by atoms with van der Waals surface area (Å²) in [7, 11) is 0. The van der Waals surface area contributed by atoms with Gasteiger partial charge in [0.05, 0.1) is 0 Å². The molecule has 0 radical (unpaired) electrons. The third-order valence-electron chi connectivity index (χ3n) is 7.80. The van der Waals surface area contributed by atoms with Crippen LogP contribution in [0.1, 0.15) is 36.0 Å². The van der Waals surface area contributed by atoms with Crippen LogP contribution in [0.4, 0.5) is 11.5 Å². The number of hydrogen-bond acceptors (Lipinski definition) is 3. The minimum atomic E-state index is -2.31. The Morgan fingerprint density at radius 1 is 0.810 bits per heavy atom. The molecule has 0 N–H and O–H groups in total. The zero-order chi connectivity index (χ0) is 31.5. The molecule has 0 spiro atoms. The van der Waals surface area contributed by atoms with E-state index in [0.29, 0.717) is 27.4 Å². The number of anilines is 2. The Morgan fingerprint density at radius 2 is 1.60 bits per heavy atom. The summed E-state index contributed by atoms with van der Waals surface area (Å²) in [6, 6.07) is 34.3. The molecule has 6 aromatic rings. The topological polar surface area (TPSA) is 35.2 Å². The molecule has 3 heterocycles. The summed E-state index contributed by atoms with van der Waals surface area (Å²) in [5.74, 6) is 2.25. The van der Waals surface area contributed by atoms with Gasteiger partial charge in [-0.25, -0.2) is 0 Å². The van der Waals surface area contributed by atoms with E-state index < -0.39 is 6.98 Å². The van der Waals surface area contributed by atoms with Crippen LogP contribution >= 0.6 is 0 Å². The van der Waals surface area contributed by atoms with Gasteiger partial charge in [0.2, 0.25) is 0 Å². The van der Waals surface area contributed by atoms with Gasteiger partial charge in [0, 0.05) is 6.20 Å². The third-order valence-corrected chi connectivity index (χ3v) is 8.82. The van der Waals surface area contributed by atoms with Crippen LogP contribution in [0.5, 0.6) is 11.5 Å². The van der Waals surface area contributed by atoms with Crippen molar-refractivity contribution in [2.45, 2.75) is 32.7 Å². The van der Waals surface area contributed by atoms with Gasteiger partial charge < -0.3 is 0 Å². The fourth-order valence-corrected chi connectivity index (χ4v) is 6.47. The second kappa shape index (κ2) is 10.3. The SMILES string of the molecule is [2H]C([2H])([2H])n1[c](=[Pt])n(-c2cccc(Oc3ccc4c(c3)N(c3cc(C(C)(C)C)ccn3)Cc3ccccc3-4)c2)c2ccccc21. The zero-order valence-electron chi connectivity index (χ0n) is 26.6. The van der Waals surface area contributed by atoms with Gasteiger partial charge in [0.25, 0.3) is 0 Å². The molecule has 212 valence electrons. The number of hydrogen-bond donors (Lipinski definition) is 0. The van der Waals surface area contributed by atoms with E-state index >= 15 is 0 Å². The molecule has 6 heteroatoms. The van der Waals surface area contributed by atoms with Crippen LogP contribution in [0.2, 0.25) is 0 Å². The van der Waals surface area contributed by atoms with Crippen molar-refractivity contribution in [1.82, 2.24) is 14.1 Å². The molecule has 0 saturated heterocycles. The summed E-state index contributed by atoms with van der Waals surface area (Å²) in [4.78, 5) is 7.06. The molecule has 1 aliphatic rings. The number of benzene rings is 4. The molecule has 42 heavy (non-hydrogen) atoms. The molecule has 0 bridgehead atoms. The van der Waals surface area contributed by atoms with Crippen LogP contribution in [-0.4, -0.2) is 14.1 Å². The van der Waals surface area contributed by atoms with E-state index in [-0.39, 0.29) is 5.41 Å². The van der Waals surface area contributed by atoms with Gasteiger partial charge in [-0.2, -0.15) is 0 Å². The van der Waals surface area contributed by atoms with Gasteiger partial charge in [0.1, 0.15) is 0 Å². The van der Waals surface area contributed by atoms with Gasteiger partial charge in [-0.3, -0.25) is 0 Å². The Morgan fingerprint density at radius 3 is 2.43 bits per heavy atom. The van der Waals surface area contributed by atoms with Crippen molar-refractivity contribution in [1.29, 1.82) is 0 Å². The molecule has 2 aromatic heterocycles. The van der Waals surface area contributed by atoms with Crippen LogP contribution in [0.3, 0.4) is 0 Å². The summed E-state index contributed by atoms with van der Waals surface area (Å²) in [6.45, 7) is 5.03. The monoisotopic (exact) mass is 734 g/mol. The molecule has 1 aliphatic heterocycles. The van der Waals surface area contributed by atoms with Crippen LogP contribution < -0.4 is 9.64 Å². The van der Waals surface area contributed by atoms with Crippen molar-refractivity contribution in [3.63, 3.8) is 0 Å². The predicted octanol–water partition coefficient (Wildman–Crippen LogP) is 8.85. The number of fused-ring (bicyclic) bond motifs is 4. The Kier molecular flexibility index (Phi) is 5.70. The van der Waals surface area contributed by atoms with Crippen molar-refractivity contribution in [3.05, 3.63) is 124 Å². The van der Waals surface area contributed by atoms with Gasteiger partial charge in [-0.15, -0.1) is 0 Å². The van der Waals surface area contributed by atoms with Crippen LogP contribution in [-0.2, 0) is 38.3 Å². The summed E-state index contributed by atoms with van der Waals surface area (Å²) in [5.41, 5.74) is 8.11. The van der Waals surface area contributed by atoms with Crippen molar-refractivity contribution in [3.8, 4) is 28.3 Å². The average Bonchev–Trinajstić information content (AvgIpc) is 3.32. The van der Waals surface area contributed by atoms with Crippen LogP contribution in [0.25, 0.3) is 27.8 Å². The number of pyridine rings is 1. The quantitative estimate of drug-likeness (QED) is 0.182. The Bertz CT molecular complexity index is 2140. The third kappa shape index (κ3) is 4.62.